The minimum atomic E-state index is 0.250. The van der Waals surface area contributed by atoms with Crippen LogP contribution < -0.4 is 5.32 Å². The van der Waals surface area contributed by atoms with Crippen LogP contribution in [0, 0.1) is 0 Å². The molecule has 0 saturated heterocycles. The van der Waals surface area contributed by atoms with Crippen LogP contribution in [-0.2, 0) is 11.2 Å². The minimum Gasteiger partial charge on any atom is -0.382 e. The molecular formula is C12H19NO. The minimum absolute atomic E-state index is 0.250. The fraction of sp³-hybridized carbons (Fsp3) is 0.500. The summed E-state index contributed by atoms with van der Waals surface area (Å²) in [5.74, 6) is 0. The molecule has 0 saturated carbocycles. The van der Waals surface area contributed by atoms with Gasteiger partial charge < -0.3 is 10.1 Å². The normalized spacial score (nSPS) is 12.5. The average Bonchev–Trinajstić information content (AvgIpc) is 2.26. The highest BCUT2D eigenvalue weighted by Crippen LogP contribution is 2.10. The van der Waals surface area contributed by atoms with Crippen molar-refractivity contribution in [2.45, 2.75) is 26.4 Å². The molecule has 1 rings (SSSR count). The van der Waals surface area contributed by atoms with E-state index in [0.29, 0.717) is 0 Å². The number of hydrogen-bond acceptors (Lipinski definition) is 2. The lowest BCUT2D eigenvalue weighted by Crippen LogP contribution is -2.18. The predicted molar refractivity (Wildman–Crippen MR) is 60.8 cm³/mol. The maximum Gasteiger partial charge on any atom is 0.0715 e. The molecule has 0 radical (unpaired) electrons. The topological polar surface area (TPSA) is 21.3 Å². The number of ether oxygens (including phenoxy) is 1. The van der Waals surface area contributed by atoms with E-state index in [-0.39, 0.29) is 6.10 Å². The number of aryl methyl sites for hydroxylation is 1. The first-order valence-electron chi connectivity index (χ1n) is 5.12. The second-order valence-corrected chi connectivity index (χ2v) is 3.48. The second-order valence-electron chi connectivity index (χ2n) is 3.48. The quantitative estimate of drug-likeness (QED) is 0.776. The Morgan fingerprint density at radius 2 is 2.21 bits per heavy atom. The van der Waals surface area contributed by atoms with Crippen molar-refractivity contribution in [2.75, 3.05) is 19.0 Å². The molecule has 2 nitrogen and oxygen atoms in total. The Kier molecular flexibility index (Phi) is 4.47. The Morgan fingerprint density at radius 3 is 2.86 bits per heavy atom. The van der Waals surface area contributed by atoms with Crippen molar-refractivity contribution in [1.29, 1.82) is 0 Å². The number of hydrogen-bond donors (Lipinski definition) is 1. The van der Waals surface area contributed by atoms with Gasteiger partial charge in [0.15, 0.2) is 0 Å². The molecule has 14 heavy (non-hydrogen) atoms. The summed E-state index contributed by atoms with van der Waals surface area (Å²) in [6.07, 6.45) is 1.33. The number of methoxy groups -OCH3 is 1. The number of anilines is 1. The zero-order valence-corrected chi connectivity index (χ0v) is 9.21. The molecule has 0 heterocycles. The predicted octanol–water partition coefficient (Wildman–Crippen LogP) is 2.70. The molecular weight excluding hydrogens is 174 g/mol. The highest BCUT2D eigenvalue weighted by atomic mass is 16.5. The zero-order chi connectivity index (χ0) is 10.4. The Bertz CT molecular complexity index is 273. The third-order valence-corrected chi connectivity index (χ3v) is 2.33. The summed E-state index contributed by atoms with van der Waals surface area (Å²) in [7, 11) is 1.73. The molecule has 1 atom stereocenters. The molecule has 1 aromatic carbocycles. The van der Waals surface area contributed by atoms with Crippen molar-refractivity contribution in [3.05, 3.63) is 29.8 Å². The highest BCUT2D eigenvalue weighted by molar-refractivity contribution is 5.45. The first kappa shape index (κ1) is 11.1. The molecule has 0 amide bonds. The van der Waals surface area contributed by atoms with E-state index in [9.17, 15) is 0 Å². The monoisotopic (exact) mass is 193 g/mol. The van der Waals surface area contributed by atoms with Crippen molar-refractivity contribution in [3.8, 4) is 0 Å². The first-order chi connectivity index (χ1) is 6.76. The average molecular weight is 193 g/mol. The fourth-order valence-corrected chi connectivity index (χ4v) is 1.25. The van der Waals surface area contributed by atoms with E-state index in [1.165, 1.54) is 11.3 Å². The number of benzene rings is 1. The summed E-state index contributed by atoms with van der Waals surface area (Å²) in [5.41, 5.74) is 2.54. The Balaban J connectivity index is 2.50. The van der Waals surface area contributed by atoms with Crippen molar-refractivity contribution in [1.82, 2.24) is 0 Å². The molecule has 1 aromatic rings. The van der Waals surface area contributed by atoms with Gasteiger partial charge in [-0.05, 0) is 31.0 Å². The van der Waals surface area contributed by atoms with Crippen molar-refractivity contribution < 1.29 is 4.74 Å². The van der Waals surface area contributed by atoms with E-state index in [1.807, 2.05) is 0 Å². The van der Waals surface area contributed by atoms with Gasteiger partial charge >= 0.3 is 0 Å². The fourth-order valence-electron chi connectivity index (χ4n) is 1.25. The van der Waals surface area contributed by atoms with Crippen LogP contribution in [0.3, 0.4) is 0 Å². The Morgan fingerprint density at radius 1 is 1.43 bits per heavy atom. The lowest BCUT2D eigenvalue weighted by Gasteiger charge is -2.12. The van der Waals surface area contributed by atoms with Crippen LogP contribution >= 0.6 is 0 Å². The van der Waals surface area contributed by atoms with Crippen LogP contribution in [0.25, 0.3) is 0 Å². The van der Waals surface area contributed by atoms with Gasteiger partial charge in [-0.15, -0.1) is 0 Å². The highest BCUT2D eigenvalue weighted by Gasteiger charge is 1.98. The molecule has 0 aromatic heterocycles. The molecule has 2 heteroatoms. The van der Waals surface area contributed by atoms with Crippen LogP contribution in [0.2, 0.25) is 0 Å². The third-order valence-electron chi connectivity index (χ3n) is 2.33. The molecule has 1 N–H and O–H groups in total. The summed E-state index contributed by atoms with van der Waals surface area (Å²) in [6.45, 7) is 5.07. The maximum absolute atomic E-state index is 5.17. The van der Waals surface area contributed by atoms with Crippen LogP contribution in [0.1, 0.15) is 19.4 Å². The summed E-state index contributed by atoms with van der Waals surface area (Å²) in [4.78, 5) is 0. The summed E-state index contributed by atoms with van der Waals surface area (Å²) in [5, 5.41) is 3.35. The largest absolute Gasteiger partial charge is 0.382 e. The SMILES string of the molecule is CCc1cccc(NCC(C)OC)c1. The van der Waals surface area contributed by atoms with Crippen molar-refractivity contribution >= 4 is 5.69 Å². The molecule has 0 aliphatic heterocycles. The number of nitrogens with one attached hydrogen (secondary N) is 1. The molecule has 0 fully saturated rings. The lowest BCUT2D eigenvalue weighted by atomic mass is 10.1. The van der Waals surface area contributed by atoms with Gasteiger partial charge in [0.05, 0.1) is 6.10 Å². The third kappa shape index (κ3) is 3.38. The molecule has 0 aliphatic rings. The van der Waals surface area contributed by atoms with Gasteiger partial charge in [-0.3, -0.25) is 0 Å². The Labute approximate surface area is 86.3 Å². The maximum atomic E-state index is 5.17. The van der Waals surface area contributed by atoms with Gasteiger partial charge in [0.2, 0.25) is 0 Å². The first-order valence-corrected chi connectivity index (χ1v) is 5.12. The molecule has 0 spiro atoms. The van der Waals surface area contributed by atoms with Crippen molar-refractivity contribution in [2.24, 2.45) is 0 Å². The standard InChI is InChI=1S/C12H19NO/c1-4-11-6-5-7-12(8-11)13-9-10(2)14-3/h5-8,10,13H,4,9H2,1-3H3. The van der Waals surface area contributed by atoms with Gasteiger partial charge in [0.25, 0.3) is 0 Å². The molecule has 1 unspecified atom stereocenters. The van der Waals surface area contributed by atoms with Gasteiger partial charge in [0.1, 0.15) is 0 Å². The van der Waals surface area contributed by atoms with Crippen LogP contribution in [0.5, 0.6) is 0 Å². The van der Waals surface area contributed by atoms with E-state index in [2.05, 4.69) is 43.4 Å². The van der Waals surface area contributed by atoms with Crippen LogP contribution in [0.4, 0.5) is 5.69 Å². The van der Waals surface area contributed by atoms with Gasteiger partial charge in [0, 0.05) is 19.3 Å². The van der Waals surface area contributed by atoms with E-state index in [1.54, 1.807) is 7.11 Å². The van der Waals surface area contributed by atoms with E-state index in [4.69, 9.17) is 4.74 Å². The smallest absolute Gasteiger partial charge is 0.0715 e. The van der Waals surface area contributed by atoms with Crippen molar-refractivity contribution in [3.63, 3.8) is 0 Å². The van der Waals surface area contributed by atoms with Gasteiger partial charge in [-0.25, -0.2) is 0 Å². The van der Waals surface area contributed by atoms with Crippen LogP contribution in [-0.4, -0.2) is 19.8 Å². The number of rotatable bonds is 5. The summed E-state index contributed by atoms with van der Waals surface area (Å²) >= 11 is 0. The van der Waals surface area contributed by atoms with Gasteiger partial charge in [-0.1, -0.05) is 19.1 Å². The zero-order valence-electron chi connectivity index (χ0n) is 9.21. The summed E-state index contributed by atoms with van der Waals surface area (Å²) in [6, 6.07) is 8.49. The van der Waals surface area contributed by atoms with E-state index < -0.39 is 0 Å². The summed E-state index contributed by atoms with van der Waals surface area (Å²) < 4.78 is 5.17. The lowest BCUT2D eigenvalue weighted by molar-refractivity contribution is 0.129. The molecule has 0 aliphatic carbocycles. The van der Waals surface area contributed by atoms with E-state index >= 15 is 0 Å². The van der Waals surface area contributed by atoms with E-state index in [0.717, 1.165) is 13.0 Å². The second kappa shape index (κ2) is 5.66. The Hall–Kier alpha value is -1.02. The molecule has 0 bridgehead atoms. The van der Waals surface area contributed by atoms with Gasteiger partial charge in [-0.2, -0.15) is 0 Å². The van der Waals surface area contributed by atoms with Crippen LogP contribution in [0.15, 0.2) is 24.3 Å². The molecule has 78 valence electrons.